The quantitative estimate of drug-likeness (QED) is 0.443. The highest BCUT2D eigenvalue weighted by Crippen LogP contribution is 2.27. The first kappa shape index (κ1) is 18.3. The summed E-state index contributed by atoms with van der Waals surface area (Å²) in [5.41, 5.74) is 3.12. The fraction of sp³-hybridized carbons (Fsp3) is 0.316. The number of hydrogen-bond donors (Lipinski definition) is 0. The van der Waals surface area contributed by atoms with Crippen molar-refractivity contribution in [1.29, 1.82) is 0 Å². The van der Waals surface area contributed by atoms with Crippen LogP contribution in [0.2, 0.25) is 0 Å². The van der Waals surface area contributed by atoms with Gasteiger partial charge in [-0.05, 0) is 60.0 Å². The average molecular weight is 370 g/mol. The molecule has 2 aromatic carbocycles. The zero-order valence-electron chi connectivity index (χ0n) is 15.2. The third-order valence-electron chi connectivity index (χ3n) is 3.87. The van der Waals surface area contributed by atoms with Gasteiger partial charge in [-0.25, -0.2) is 0 Å². The molecule has 136 valence electrons. The molecule has 3 rings (SSSR count). The first-order valence-electron chi connectivity index (χ1n) is 8.43. The predicted octanol–water partition coefficient (Wildman–Crippen LogP) is 3.85. The number of aryl methyl sites for hydroxylation is 2. The lowest BCUT2D eigenvalue weighted by Gasteiger charge is -2.10. The van der Waals surface area contributed by atoms with E-state index in [1.807, 2.05) is 56.3 Å². The van der Waals surface area contributed by atoms with E-state index >= 15 is 0 Å². The number of tetrazole rings is 1. The lowest BCUT2D eigenvalue weighted by atomic mass is 10.2. The predicted molar refractivity (Wildman–Crippen MR) is 102 cm³/mol. The zero-order chi connectivity index (χ0) is 18.4. The van der Waals surface area contributed by atoms with E-state index in [0.717, 1.165) is 45.6 Å². The van der Waals surface area contributed by atoms with E-state index in [-0.39, 0.29) is 0 Å². The molecule has 0 spiro atoms. The van der Waals surface area contributed by atoms with E-state index < -0.39 is 0 Å². The van der Waals surface area contributed by atoms with E-state index in [0.29, 0.717) is 6.61 Å². The molecule has 0 fully saturated rings. The zero-order valence-corrected chi connectivity index (χ0v) is 16.0. The van der Waals surface area contributed by atoms with Crippen LogP contribution in [-0.2, 0) is 0 Å². The molecule has 7 heteroatoms. The standard InChI is InChI=1S/C19H22N4O2S/c1-14-9-10-18(24-3)16(13-14)23-19(20-21-22-23)26-12-6-11-25-17-8-5-4-7-15(17)2/h4-5,7-10,13H,6,11-12H2,1-3H3. The Labute approximate surface area is 157 Å². The van der Waals surface area contributed by atoms with Gasteiger partial charge in [-0.15, -0.1) is 5.10 Å². The summed E-state index contributed by atoms with van der Waals surface area (Å²) >= 11 is 1.60. The molecule has 0 aliphatic rings. The van der Waals surface area contributed by atoms with Crippen LogP contribution in [0.1, 0.15) is 17.5 Å². The van der Waals surface area contributed by atoms with Gasteiger partial charge in [0.15, 0.2) is 0 Å². The summed E-state index contributed by atoms with van der Waals surface area (Å²) in [6, 6.07) is 14.0. The van der Waals surface area contributed by atoms with Crippen molar-refractivity contribution in [3.63, 3.8) is 0 Å². The number of benzene rings is 2. The van der Waals surface area contributed by atoms with E-state index in [2.05, 4.69) is 15.5 Å². The van der Waals surface area contributed by atoms with E-state index in [9.17, 15) is 0 Å². The van der Waals surface area contributed by atoms with Gasteiger partial charge in [-0.2, -0.15) is 4.68 Å². The minimum Gasteiger partial charge on any atom is -0.494 e. The number of methoxy groups -OCH3 is 1. The fourth-order valence-electron chi connectivity index (χ4n) is 2.51. The van der Waals surface area contributed by atoms with Gasteiger partial charge >= 0.3 is 0 Å². The van der Waals surface area contributed by atoms with Crippen LogP contribution in [0.5, 0.6) is 11.5 Å². The first-order valence-corrected chi connectivity index (χ1v) is 9.42. The van der Waals surface area contributed by atoms with Crippen LogP contribution in [0, 0.1) is 13.8 Å². The molecule has 6 nitrogen and oxygen atoms in total. The Morgan fingerprint density at radius 1 is 1.08 bits per heavy atom. The highest BCUT2D eigenvalue weighted by Gasteiger charge is 2.13. The Kier molecular flexibility index (Phi) is 6.12. The second-order valence-electron chi connectivity index (χ2n) is 5.86. The van der Waals surface area contributed by atoms with Gasteiger partial charge in [0, 0.05) is 5.75 Å². The van der Waals surface area contributed by atoms with Gasteiger partial charge in [0.2, 0.25) is 5.16 Å². The van der Waals surface area contributed by atoms with Crippen molar-refractivity contribution in [2.75, 3.05) is 19.5 Å². The van der Waals surface area contributed by atoms with Crippen molar-refractivity contribution in [3.05, 3.63) is 53.6 Å². The van der Waals surface area contributed by atoms with E-state index in [1.165, 1.54) is 0 Å². The summed E-state index contributed by atoms with van der Waals surface area (Å²) in [6.07, 6.45) is 0.900. The van der Waals surface area contributed by atoms with Crippen LogP contribution in [0.25, 0.3) is 5.69 Å². The summed E-state index contributed by atoms with van der Waals surface area (Å²) in [4.78, 5) is 0. The Balaban J connectivity index is 1.58. The van der Waals surface area contributed by atoms with Crippen LogP contribution in [0.15, 0.2) is 47.6 Å². The molecule has 0 unspecified atom stereocenters. The number of thioether (sulfide) groups is 1. The van der Waals surface area contributed by atoms with E-state index in [4.69, 9.17) is 9.47 Å². The Morgan fingerprint density at radius 2 is 1.92 bits per heavy atom. The van der Waals surface area contributed by atoms with Gasteiger partial charge in [0.05, 0.1) is 13.7 Å². The normalized spacial score (nSPS) is 10.7. The maximum atomic E-state index is 5.83. The third-order valence-corrected chi connectivity index (χ3v) is 4.88. The molecule has 0 atom stereocenters. The number of aromatic nitrogens is 4. The molecule has 3 aromatic rings. The van der Waals surface area contributed by atoms with Gasteiger partial charge in [-0.3, -0.25) is 0 Å². The lowest BCUT2D eigenvalue weighted by Crippen LogP contribution is -2.04. The topological polar surface area (TPSA) is 62.1 Å². The summed E-state index contributed by atoms with van der Waals surface area (Å²) in [5, 5.41) is 12.8. The summed E-state index contributed by atoms with van der Waals surface area (Å²) in [5.74, 6) is 2.54. The van der Waals surface area contributed by atoms with Gasteiger partial charge in [0.25, 0.3) is 0 Å². The van der Waals surface area contributed by atoms with Crippen molar-refractivity contribution >= 4 is 11.8 Å². The molecule has 0 amide bonds. The van der Waals surface area contributed by atoms with Crippen LogP contribution in [0.3, 0.4) is 0 Å². The van der Waals surface area contributed by atoms with Crippen LogP contribution in [0.4, 0.5) is 0 Å². The third kappa shape index (κ3) is 4.35. The molecule has 0 bridgehead atoms. The molecule has 0 N–H and O–H groups in total. The minimum atomic E-state index is 0.660. The van der Waals surface area contributed by atoms with Crippen molar-refractivity contribution in [1.82, 2.24) is 20.2 Å². The smallest absolute Gasteiger partial charge is 0.214 e. The van der Waals surface area contributed by atoms with Crippen molar-refractivity contribution < 1.29 is 9.47 Å². The Bertz CT molecular complexity index is 866. The molecular weight excluding hydrogens is 348 g/mol. The highest BCUT2D eigenvalue weighted by molar-refractivity contribution is 7.99. The molecule has 0 aliphatic heterocycles. The molecule has 0 saturated carbocycles. The fourth-order valence-corrected chi connectivity index (χ4v) is 3.30. The number of rotatable bonds is 8. The lowest BCUT2D eigenvalue weighted by molar-refractivity contribution is 0.316. The van der Waals surface area contributed by atoms with Gasteiger partial charge in [0.1, 0.15) is 17.2 Å². The molecule has 0 saturated heterocycles. The molecule has 1 aromatic heterocycles. The Hall–Kier alpha value is -2.54. The maximum Gasteiger partial charge on any atom is 0.214 e. The summed E-state index contributed by atoms with van der Waals surface area (Å²) < 4.78 is 13.0. The molecule has 0 radical (unpaired) electrons. The second-order valence-corrected chi connectivity index (χ2v) is 6.93. The highest BCUT2D eigenvalue weighted by atomic mass is 32.2. The van der Waals surface area contributed by atoms with Crippen molar-refractivity contribution in [2.24, 2.45) is 0 Å². The van der Waals surface area contributed by atoms with Gasteiger partial charge < -0.3 is 9.47 Å². The maximum absolute atomic E-state index is 5.83. The molecule has 26 heavy (non-hydrogen) atoms. The molecule has 0 aliphatic carbocycles. The Morgan fingerprint density at radius 3 is 2.73 bits per heavy atom. The second kappa shape index (κ2) is 8.71. The van der Waals surface area contributed by atoms with Crippen LogP contribution >= 0.6 is 11.8 Å². The average Bonchev–Trinajstić information content (AvgIpc) is 3.11. The number of hydrogen-bond acceptors (Lipinski definition) is 6. The minimum absolute atomic E-state index is 0.660. The molecule has 1 heterocycles. The van der Waals surface area contributed by atoms with Crippen molar-refractivity contribution in [3.8, 4) is 17.2 Å². The number of nitrogens with zero attached hydrogens (tertiary/aromatic N) is 4. The SMILES string of the molecule is COc1ccc(C)cc1-n1nnnc1SCCCOc1ccccc1C. The van der Waals surface area contributed by atoms with Gasteiger partial charge in [-0.1, -0.05) is 36.0 Å². The summed E-state index contributed by atoms with van der Waals surface area (Å²) in [7, 11) is 1.65. The van der Waals surface area contributed by atoms with Crippen molar-refractivity contribution in [2.45, 2.75) is 25.4 Å². The summed E-state index contributed by atoms with van der Waals surface area (Å²) in [6.45, 7) is 4.74. The van der Waals surface area contributed by atoms with E-state index in [1.54, 1.807) is 23.6 Å². The monoisotopic (exact) mass is 370 g/mol. The largest absolute Gasteiger partial charge is 0.494 e. The number of para-hydroxylation sites is 1. The number of ether oxygens (including phenoxy) is 2. The first-order chi connectivity index (χ1) is 12.7. The van der Waals surface area contributed by atoms with Crippen LogP contribution < -0.4 is 9.47 Å². The van der Waals surface area contributed by atoms with Crippen LogP contribution in [-0.4, -0.2) is 39.7 Å². The molecular formula is C19H22N4O2S.